The van der Waals surface area contributed by atoms with Crippen molar-refractivity contribution in [2.75, 3.05) is 13.2 Å². The van der Waals surface area contributed by atoms with Gasteiger partial charge in [-0.15, -0.1) is 0 Å². The SMILES string of the molecule is OCC1O[C@H](O)[C@@H](O)C(O[C@@H]2OC(CO)[C@H](O)C(O)[C@@H]2O)[C@@H]1O. The second kappa shape index (κ2) is 7.63. The summed E-state index contributed by atoms with van der Waals surface area (Å²) in [7, 11) is 0. The normalized spacial score (nSPS) is 51.7. The number of rotatable bonds is 4. The Morgan fingerprint density at radius 1 is 0.652 bits per heavy atom. The zero-order valence-electron chi connectivity index (χ0n) is 12.0. The van der Waals surface area contributed by atoms with Gasteiger partial charge in [-0.1, -0.05) is 0 Å². The number of aliphatic hydroxyl groups is 8. The molecule has 0 saturated carbocycles. The molecule has 0 amide bonds. The van der Waals surface area contributed by atoms with Crippen molar-refractivity contribution >= 4 is 0 Å². The fraction of sp³-hybridized carbons (Fsp3) is 1.00. The van der Waals surface area contributed by atoms with Crippen molar-refractivity contribution in [1.29, 1.82) is 0 Å². The Balaban J connectivity index is 2.11. The van der Waals surface area contributed by atoms with Gasteiger partial charge in [0.25, 0.3) is 0 Å². The van der Waals surface area contributed by atoms with E-state index in [-0.39, 0.29) is 0 Å². The van der Waals surface area contributed by atoms with Gasteiger partial charge in [0.05, 0.1) is 13.2 Å². The van der Waals surface area contributed by atoms with Crippen LogP contribution in [0.4, 0.5) is 0 Å². The van der Waals surface area contributed by atoms with Gasteiger partial charge in [-0.3, -0.25) is 0 Å². The summed E-state index contributed by atoms with van der Waals surface area (Å²) in [6.45, 7) is -1.34. The number of aliphatic hydroxyl groups excluding tert-OH is 8. The molecule has 8 N–H and O–H groups in total. The molecule has 10 atom stereocenters. The summed E-state index contributed by atoms with van der Waals surface area (Å²) in [5, 5.41) is 76.8. The van der Waals surface area contributed by atoms with Crippen molar-refractivity contribution < 1.29 is 55.1 Å². The fourth-order valence-corrected chi connectivity index (χ4v) is 2.56. The first-order chi connectivity index (χ1) is 10.8. The fourth-order valence-electron chi connectivity index (χ4n) is 2.56. The topological polar surface area (TPSA) is 190 Å². The van der Waals surface area contributed by atoms with E-state index in [2.05, 4.69) is 0 Å². The Labute approximate surface area is 130 Å². The van der Waals surface area contributed by atoms with Crippen LogP contribution in [-0.2, 0) is 14.2 Å². The molecule has 2 fully saturated rings. The Kier molecular flexibility index (Phi) is 6.27. The van der Waals surface area contributed by atoms with E-state index in [9.17, 15) is 30.6 Å². The van der Waals surface area contributed by atoms with Gasteiger partial charge in [-0.25, -0.2) is 0 Å². The van der Waals surface area contributed by atoms with Crippen molar-refractivity contribution in [3.63, 3.8) is 0 Å². The molecule has 2 heterocycles. The van der Waals surface area contributed by atoms with Crippen molar-refractivity contribution in [1.82, 2.24) is 0 Å². The maximum absolute atomic E-state index is 10.00. The molecule has 0 aromatic heterocycles. The van der Waals surface area contributed by atoms with Crippen LogP contribution in [0.3, 0.4) is 0 Å². The molecule has 11 heteroatoms. The van der Waals surface area contributed by atoms with Crippen molar-refractivity contribution in [2.45, 2.75) is 61.4 Å². The van der Waals surface area contributed by atoms with E-state index in [0.29, 0.717) is 0 Å². The van der Waals surface area contributed by atoms with Crippen molar-refractivity contribution in [3.8, 4) is 0 Å². The molecule has 0 spiro atoms. The molecule has 4 unspecified atom stereocenters. The molecule has 11 nitrogen and oxygen atoms in total. The molecular formula is C12H22O11. The summed E-state index contributed by atoms with van der Waals surface area (Å²) in [6, 6.07) is 0. The lowest BCUT2D eigenvalue weighted by Gasteiger charge is -2.45. The molecule has 0 aliphatic carbocycles. The molecule has 2 saturated heterocycles. The van der Waals surface area contributed by atoms with Crippen LogP contribution in [0.15, 0.2) is 0 Å². The van der Waals surface area contributed by atoms with Crippen molar-refractivity contribution in [3.05, 3.63) is 0 Å². The second-order valence-electron chi connectivity index (χ2n) is 5.53. The summed E-state index contributed by atoms with van der Waals surface area (Å²) in [6.07, 6.45) is -15.7. The van der Waals surface area contributed by atoms with Crippen LogP contribution in [-0.4, -0.2) is 115 Å². The highest BCUT2D eigenvalue weighted by Gasteiger charge is 2.50. The summed E-state index contributed by atoms with van der Waals surface area (Å²) < 4.78 is 15.1. The summed E-state index contributed by atoms with van der Waals surface area (Å²) in [5.41, 5.74) is 0. The van der Waals surface area contributed by atoms with Crippen LogP contribution < -0.4 is 0 Å². The molecule has 0 bridgehead atoms. The third kappa shape index (κ3) is 3.65. The van der Waals surface area contributed by atoms with E-state index in [0.717, 1.165) is 0 Å². The monoisotopic (exact) mass is 342 g/mol. The summed E-state index contributed by atoms with van der Waals surface area (Å²) in [4.78, 5) is 0. The maximum Gasteiger partial charge on any atom is 0.187 e. The summed E-state index contributed by atoms with van der Waals surface area (Å²) in [5.74, 6) is 0. The average molecular weight is 342 g/mol. The van der Waals surface area contributed by atoms with E-state index < -0.39 is 74.6 Å². The van der Waals surface area contributed by atoms with Gasteiger partial charge in [0.2, 0.25) is 0 Å². The Hall–Kier alpha value is -0.440. The smallest absolute Gasteiger partial charge is 0.187 e. The number of hydrogen-bond donors (Lipinski definition) is 8. The molecule has 0 radical (unpaired) electrons. The van der Waals surface area contributed by atoms with Gasteiger partial charge in [0, 0.05) is 0 Å². The average Bonchev–Trinajstić information content (AvgIpc) is 2.54. The van der Waals surface area contributed by atoms with Gasteiger partial charge >= 0.3 is 0 Å². The lowest BCUT2D eigenvalue weighted by Crippen LogP contribution is -2.64. The van der Waals surface area contributed by atoms with Crippen molar-refractivity contribution in [2.24, 2.45) is 0 Å². The minimum absolute atomic E-state index is 0.667. The third-order valence-corrected chi connectivity index (χ3v) is 3.98. The molecule has 23 heavy (non-hydrogen) atoms. The maximum atomic E-state index is 10.00. The highest BCUT2D eigenvalue weighted by molar-refractivity contribution is 4.93. The van der Waals surface area contributed by atoms with E-state index in [1.165, 1.54) is 0 Å². The second-order valence-corrected chi connectivity index (χ2v) is 5.53. The van der Waals surface area contributed by atoms with Crippen LogP contribution in [0.5, 0.6) is 0 Å². The number of hydrogen-bond acceptors (Lipinski definition) is 11. The minimum atomic E-state index is -1.76. The van der Waals surface area contributed by atoms with Gasteiger partial charge < -0.3 is 55.1 Å². The third-order valence-electron chi connectivity index (χ3n) is 3.98. The Morgan fingerprint density at radius 3 is 1.78 bits per heavy atom. The quantitative estimate of drug-likeness (QED) is 0.243. The number of ether oxygens (including phenoxy) is 3. The van der Waals surface area contributed by atoms with E-state index >= 15 is 0 Å². The molecule has 2 aliphatic heterocycles. The van der Waals surface area contributed by atoms with Crippen LogP contribution in [0.25, 0.3) is 0 Å². The first-order valence-electron chi connectivity index (χ1n) is 7.08. The summed E-state index contributed by atoms with van der Waals surface area (Å²) >= 11 is 0. The largest absolute Gasteiger partial charge is 0.394 e. The molecule has 0 aromatic rings. The van der Waals surface area contributed by atoms with Crippen LogP contribution >= 0.6 is 0 Å². The highest BCUT2D eigenvalue weighted by Crippen LogP contribution is 2.28. The first kappa shape index (κ1) is 18.9. The minimum Gasteiger partial charge on any atom is -0.394 e. The zero-order chi connectivity index (χ0) is 17.3. The van der Waals surface area contributed by atoms with Crippen LogP contribution in [0.1, 0.15) is 0 Å². The predicted molar refractivity (Wildman–Crippen MR) is 68.6 cm³/mol. The molecule has 2 rings (SSSR count). The predicted octanol–water partition coefficient (Wildman–Crippen LogP) is -5.40. The molecular weight excluding hydrogens is 320 g/mol. The van der Waals surface area contributed by atoms with Gasteiger partial charge in [0.15, 0.2) is 12.6 Å². The Morgan fingerprint density at radius 2 is 1.22 bits per heavy atom. The standard InChI is InChI=1S/C12H22O11/c13-1-3-5(15)7(17)8(18)12(22-3)23-10-6(16)4(2-14)21-11(20)9(10)19/h3-20H,1-2H2/t3?,4?,5-,6+,7?,8-,9-,10?,11-,12-/m0/s1. The van der Waals surface area contributed by atoms with Gasteiger partial charge in [0.1, 0.15) is 48.8 Å². The van der Waals surface area contributed by atoms with E-state index in [1.807, 2.05) is 0 Å². The Bertz CT molecular complexity index is 380. The molecule has 136 valence electrons. The van der Waals surface area contributed by atoms with E-state index in [4.69, 9.17) is 24.4 Å². The lowest BCUT2D eigenvalue weighted by atomic mass is 9.97. The first-order valence-corrected chi connectivity index (χ1v) is 7.08. The van der Waals surface area contributed by atoms with Gasteiger partial charge in [-0.2, -0.15) is 0 Å². The molecule has 0 aromatic carbocycles. The molecule has 2 aliphatic rings. The lowest BCUT2D eigenvalue weighted by molar-refractivity contribution is -0.355. The zero-order valence-corrected chi connectivity index (χ0v) is 12.0. The van der Waals surface area contributed by atoms with Crippen LogP contribution in [0.2, 0.25) is 0 Å². The van der Waals surface area contributed by atoms with E-state index in [1.54, 1.807) is 0 Å². The van der Waals surface area contributed by atoms with Crippen LogP contribution in [0, 0.1) is 0 Å². The highest BCUT2D eigenvalue weighted by atomic mass is 16.7. The van der Waals surface area contributed by atoms with Gasteiger partial charge in [-0.05, 0) is 0 Å².